The molecule has 0 fully saturated rings. The second-order valence-electron chi connectivity index (χ2n) is 4.76. The van der Waals surface area contributed by atoms with Crippen molar-refractivity contribution in [3.05, 3.63) is 53.7 Å². The molecule has 0 saturated heterocycles. The third-order valence-corrected chi connectivity index (χ3v) is 3.62. The molecule has 2 heterocycles. The van der Waals surface area contributed by atoms with Crippen molar-refractivity contribution in [1.82, 2.24) is 19.9 Å². The molecule has 0 atom stereocenters. The number of hydrogen-bond acceptors (Lipinski definition) is 3. The Balaban J connectivity index is 1.73. The maximum absolute atomic E-state index is 4.57. The van der Waals surface area contributed by atoms with Crippen molar-refractivity contribution < 1.29 is 0 Å². The van der Waals surface area contributed by atoms with Crippen LogP contribution in [0.15, 0.2) is 36.8 Å². The fraction of sp³-hybridized carbons (Fsp3) is 0.214. The van der Waals surface area contributed by atoms with E-state index in [4.69, 9.17) is 0 Å². The van der Waals surface area contributed by atoms with Gasteiger partial charge in [-0.05, 0) is 24.0 Å². The van der Waals surface area contributed by atoms with Crippen LogP contribution in [0.2, 0.25) is 0 Å². The number of hydrogen-bond donors (Lipinski definition) is 1. The van der Waals surface area contributed by atoms with Gasteiger partial charge in [-0.25, -0.2) is 15.0 Å². The fourth-order valence-electron chi connectivity index (χ4n) is 2.73. The highest BCUT2D eigenvalue weighted by Gasteiger charge is 2.25. The highest BCUT2D eigenvalue weighted by atomic mass is 15.0. The van der Waals surface area contributed by atoms with Crippen LogP contribution in [0.1, 0.15) is 22.9 Å². The van der Waals surface area contributed by atoms with E-state index in [-0.39, 0.29) is 0 Å². The van der Waals surface area contributed by atoms with Crippen LogP contribution in [0.3, 0.4) is 0 Å². The van der Waals surface area contributed by atoms with E-state index >= 15 is 0 Å². The molecule has 18 heavy (non-hydrogen) atoms. The van der Waals surface area contributed by atoms with E-state index in [1.807, 2.05) is 0 Å². The van der Waals surface area contributed by atoms with Crippen LogP contribution < -0.4 is 0 Å². The summed E-state index contributed by atoms with van der Waals surface area (Å²) in [5.74, 6) is 1.47. The number of imidazole rings is 1. The predicted molar refractivity (Wildman–Crippen MR) is 68.3 cm³/mol. The minimum absolute atomic E-state index is 0.441. The molecule has 2 aromatic heterocycles. The Morgan fingerprint density at radius 3 is 2.61 bits per heavy atom. The smallest absolute Gasteiger partial charge is 0.180 e. The van der Waals surface area contributed by atoms with E-state index in [1.54, 1.807) is 6.20 Å². The zero-order valence-corrected chi connectivity index (χ0v) is 9.80. The number of H-pyrrole nitrogens is 1. The highest BCUT2D eigenvalue weighted by molar-refractivity contribution is 5.68. The summed E-state index contributed by atoms with van der Waals surface area (Å²) in [5.41, 5.74) is 4.56. The third kappa shape index (κ3) is 1.42. The van der Waals surface area contributed by atoms with E-state index < -0.39 is 0 Å². The average molecular weight is 236 g/mol. The molecule has 4 rings (SSSR count). The van der Waals surface area contributed by atoms with Crippen LogP contribution in [0, 0.1) is 0 Å². The zero-order valence-electron chi connectivity index (χ0n) is 9.80. The predicted octanol–water partition coefficient (Wildman–Crippen LogP) is 2.24. The normalized spacial score (nSPS) is 15.1. The lowest BCUT2D eigenvalue weighted by Crippen LogP contribution is -2.00. The van der Waals surface area contributed by atoms with Crippen LogP contribution in [0.5, 0.6) is 0 Å². The number of benzene rings is 1. The van der Waals surface area contributed by atoms with Crippen LogP contribution in [0.4, 0.5) is 0 Å². The first kappa shape index (κ1) is 9.76. The van der Waals surface area contributed by atoms with Crippen LogP contribution in [0.25, 0.3) is 11.2 Å². The number of aromatic nitrogens is 4. The molecule has 0 radical (unpaired) electrons. The van der Waals surface area contributed by atoms with Gasteiger partial charge in [0.1, 0.15) is 17.7 Å². The Morgan fingerprint density at radius 1 is 1.11 bits per heavy atom. The van der Waals surface area contributed by atoms with Gasteiger partial charge >= 0.3 is 0 Å². The lowest BCUT2D eigenvalue weighted by atomic mass is 10.1. The summed E-state index contributed by atoms with van der Waals surface area (Å²) in [5, 5.41) is 0. The summed E-state index contributed by atoms with van der Waals surface area (Å²) in [4.78, 5) is 16.1. The second kappa shape index (κ2) is 3.63. The van der Waals surface area contributed by atoms with Crippen molar-refractivity contribution in [3.63, 3.8) is 0 Å². The summed E-state index contributed by atoms with van der Waals surface area (Å²) in [7, 11) is 0. The molecular weight excluding hydrogens is 224 g/mol. The standard InChI is InChI=1S/C14H12N4/c1-2-4-10-6-11(5-9(10)3-1)13-17-12-7-15-8-16-14(12)18-13/h1-4,7-8,11H,5-6H2,(H,15,16,17,18). The van der Waals surface area contributed by atoms with Crippen molar-refractivity contribution >= 4 is 11.2 Å². The Morgan fingerprint density at radius 2 is 1.89 bits per heavy atom. The summed E-state index contributed by atoms with van der Waals surface area (Å²) in [6, 6.07) is 8.62. The Hall–Kier alpha value is -2.23. The van der Waals surface area contributed by atoms with Gasteiger partial charge in [0.25, 0.3) is 0 Å². The SMILES string of the molecule is c1ccc2c(c1)CC(c1nc3ncncc3[nH]1)C2. The summed E-state index contributed by atoms with van der Waals surface area (Å²) in [6.07, 6.45) is 5.43. The minimum Gasteiger partial charge on any atom is -0.339 e. The summed E-state index contributed by atoms with van der Waals surface area (Å²) in [6.45, 7) is 0. The maximum Gasteiger partial charge on any atom is 0.180 e. The quantitative estimate of drug-likeness (QED) is 0.705. The number of aromatic amines is 1. The molecule has 1 aliphatic carbocycles. The van der Waals surface area contributed by atoms with E-state index in [0.29, 0.717) is 5.92 Å². The molecule has 1 N–H and O–H groups in total. The molecule has 1 aromatic carbocycles. The van der Waals surface area contributed by atoms with Crippen LogP contribution >= 0.6 is 0 Å². The first-order valence-corrected chi connectivity index (χ1v) is 6.12. The topological polar surface area (TPSA) is 54.5 Å². The molecule has 4 nitrogen and oxygen atoms in total. The molecule has 3 aromatic rings. The van der Waals surface area contributed by atoms with Crippen molar-refractivity contribution in [2.45, 2.75) is 18.8 Å². The number of rotatable bonds is 1. The molecule has 0 amide bonds. The van der Waals surface area contributed by atoms with E-state index in [0.717, 1.165) is 29.8 Å². The number of nitrogens with one attached hydrogen (secondary N) is 1. The van der Waals surface area contributed by atoms with Crippen molar-refractivity contribution in [1.29, 1.82) is 0 Å². The number of nitrogens with zero attached hydrogens (tertiary/aromatic N) is 3. The Kier molecular flexibility index (Phi) is 1.97. The third-order valence-electron chi connectivity index (χ3n) is 3.62. The van der Waals surface area contributed by atoms with Crippen molar-refractivity contribution in [2.75, 3.05) is 0 Å². The van der Waals surface area contributed by atoms with Crippen molar-refractivity contribution in [2.24, 2.45) is 0 Å². The second-order valence-corrected chi connectivity index (χ2v) is 4.76. The van der Waals surface area contributed by atoms with E-state index in [2.05, 4.69) is 44.2 Å². The van der Waals surface area contributed by atoms with Gasteiger partial charge in [0.15, 0.2) is 5.65 Å². The lowest BCUT2D eigenvalue weighted by Gasteiger charge is -2.03. The van der Waals surface area contributed by atoms with Gasteiger partial charge in [-0.15, -0.1) is 0 Å². The van der Waals surface area contributed by atoms with Gasteiger partial charge in [0.05, 0.1) is 6.20 Å². The number of fused-ring (bicyclic) bond motifs is 2. The molecule has 88 valence electrons. The lowest BCUT2D eigenvalue weighted by molar-refractivity contribution is 0.696. The maximum atomic E-state index is 4.57. The molecule has 0 bridgehead atoms. The van der Waals surface area contributed by atoms with Gasteiger partial charge < -0.3 is 4.98 Å². The van der Waals surface area contributed by atoms with Gasteiger partial charge in [-0.2, -0.15) is 0 Å². The molecule has 0 aliphatic heterocycles. The largest absolute Gasteiger partial charge is 0.339 e. The van der Waals surface area contributed by atoms with Crippen LogP contribution in [-0.4, -0.2) is 19.9 Å². The van der Waals surface area contributed by atoms with Crippen molar-refractivity contribution in [3.8, 4) is 0 Å². The average Bonchev–Trinajstić information content (AvgIpc) is 3.02. The van der Waals surface area contributed by atoms with Crippen LogP contribution in [-0.2, 0) is 12.8 Å². The molecule has 0 unspecified atom stereocenters. The molecule has 0 spiro atoms. The molecule has 0 saturated carbocycles. The molecular formula is C14H12N4. The summed E-state index contributed by atoms with van der Waals surface area (Å²) >= 11 is 0. The van der Waals surface area contributed by atoms with E-state index in [1.165, 1.54) is 17.5 Å². The van der Waals surface area contributed by atoms with Gasteiger partial charge in [-0.1, -0.05) is 24.3 Å². The van der Waals surface area contributed by atoms with E-state index in [9.17, 15) is 0 Å². The van der Waals surface area contributed by atoms with Gasteiger partial charge in [0.2, 0.25) is 0 Å². The highest BCUT2D eigenvalue weighted by Crippen LogP contribution is 2.32. The minimum atomic E-state index is 0.441. The first-order chi connectivity index (χ1) is 8.90. The van der Waals surface area contributed by atoms with Gasteiger partial charge in [-0.3, -0.25) is 0 Å². The van der Waals surface area contributed by atoms with Gasteiger partial charge in [0, 0.05) is 5.92 Å². The Labute approximate surface area is 104 Å². The first-order valence-electron chi connectivity index (χ1n) is 6.12. The summed E-state index contributed by atoms with van der Waals surface area (Å²) < 4.78 is 0. The monoisotopic (exact) mass is 236 g/mol. The molecule has 1 aliphatic rings. The zero-order chi connectivity index (χ0) is 11.9. The fourth-order valence-corrected chi connectivity index (χ4v) is 2.73. The molecule has 4 heteroatoms. The Bertz CT molecular complexity index is 658.